The summed E-state index contributed by atoms with van der Waals surface area (Å²) in [5, 5.41) is 4.16. The van der Waals surface area contributed by atoms with E-state index in [1.165, 1.54) is 18.3 Å². The van der Waals surface area contributed by atoms with Crippen LogP contribution in [0.4, 0.5) is 9.18 Å². The SMILES string of the molecule is CC(C)(C)OC(=O)NC(c1ccc2nc(Cn3ccc4c(-c5ccccc5)cncc4c3=O)cn2c1)c1cc(F)ccn1. The van der Waals surface area contributed by atoms with Gasteiger partial charge in [-0.15, -0.1) is 0 Å². The van der Waals surface area contributed by atoms with Gasteiger partial charge >= 0.3 is 6.09 Å². The predicted molar refractivity (Wildman–Crippen MR) is 161 cm³/mol. The standard InChI is InChI=1S/C33H29FN6O3/c1-33(2,3)43-32(42)38-30(28-15-23(34)11-13-36-28)22-9-10-29-37-24(20-40(29)18-22)19-39-14-12-25-26(21-7-5-4-6-8-21)16-35-17-27(25)31(39)41/h4-18,20,30H,19H2,1-3H3,(H,38,42). The Kier molecular flexibility index (Phi) is 7.19. The Morgan fingerprint density at radius 2 is 1.84 bits per heavy atom. The molecular formula is C33H29FN6O3. The summed E-state index contributed by atoms with van der Waals surface area (Å²) in [4.78, 5) is 39.5. The summed E-state index contributed by atoms with van der Waals surface area (Å²) in [5.74, 6) is -0.473. The summed E-state index contributed by atoms with van der Waals surface area (Å²) in [7, 11) is 0. The maximum atomic E-state index is 14.1. The topological polar surface area (TPSA) is 103 Å². The highest BCUT2D eigenvalue weighted by Gasteiger charge is 2.24. The molecule has 5 heterocycles. The number of hydrogen-bond acceptors (Lipinski definition) is 6. The van der Waals surface area contributed by atoms with E-state index >= 15 is 0 Å². The van der Waals surface area contributed by atoms with Crippen LogP contribution in [0.2, 0.25) is 0 Å². The lowest BCUT2D eigenvalue weighted by Crippen LogP contribution is -2.35. The van der Waals surface area contributed by atoms with E-state index in [2.05, 4.69) is 15.3 Å². The summed E-state index contributed by atoms with van der Waals surface area (Å²) in [6.45, 7) is 5.54. The second kappa shape index (κ2) is 11.1. The Bertz CT molecular complexity index is 2010. The first-order valence-electron chi connectivity index (χ1n) is 13.8. The van der Waals surface area contributed by atoms with E-state index in [-0.39, 0.29) is 12.1 Å². The third kappa shape index (κ3) is 5.99. The van der Waals surface area contributed by atoms with Crippen molar-refractivity contribution in [1.82, 2.24) is 29.2 Å². The van der Waals surface area contributed by atoms with Gasteiger partial charge in [0.1, 0.15) is 23.1 Å². The lowest BCUT2D eigenvalue weighted by atomic mass is 10.0. The molecule has 1 atom stereocenters. The van der Waals surface area contributed by atoms with Gasteiger partial charge in [0, 0.05) is 42.7 Å². The number of carbonyl (C=O) groups excluding carboxylic acids is 1. The van der Waals surface area contributed by atoms with Crippen LogP contribution in [0.3, 0.4) is 0 Å². The first kappa shape index (κ1) is 27.8. The molecule has 0 saturated carbocycles. The molecule has 1 amide bonds. The minimum Gasteiger partial charge on any atom is -0.444 e. The summed E-state index contributed by atoms with van der Waals surface area (Å²) < 4.78 is 23.0. The fourth-order valence-corrected chi connectivity index (χ4v) is 5.00. The maximum absolute atomic E-state index is 14.1. The number of rotatable bonds is 6. The molecule has 0 aliphatic heterocycles. The number of benzene rings is 1. The molecule has 0 aliphatic rings. The molecule has 5 aromatic heterocycles. The molecule has 9 nitrogen and oxygen atoms in total. The van der Waals surface area contributed by atoms with Crippen LogP contribution in [0.15, 0.2) is 103 Å². The number of alkyl carbamates (subject to hydrolysis) is 1. The van der Waals surface area contributed by atoms with Gasteiger partial charge in [0.2, 0.25) is 0 Å². The molecule has 216 valence electrons. The summed E-state index contributed by atoms with van der Waals surface area (Å²) in [6, 6.07) is 17.1. The Balaban J connectivity index is 1.32. The van der Waals surface area contributed by atoms with Crippen molar-refractivity contribution >= 4 is 22.5 Å². The third-order valence-corrected chi connectivity index (χ3v) is 6.87. The number of nitrogens with zero attached hydrogens (tertiary/aromatic N) is 5. The highest BCUT2D eigenvalue weighted by molar-refractivity contribution is 5.95. The summed E-state index contributed by atoms with van der Waals surface area (Å²) >= 11 is 0. The Morgan fingerprint density at radius 1 is 1.02 bits per heavy atom. The lowest BCUT2D eigenvalue weighted by molar-refractivity contribution is 0.0511. The molecule has 1 aromatic carbocycles. The molecule has 0 aliphatic carbocycles. The fraction of sp³-hybridized carbons (Fsp3) is 0.182. The van der Waals surface area contributed by atoms with Gasteiger partial charge in [-0.25, -0.2) is 14.2 Å². The van der Waals surface area contributed by atoms with Gasteiger partial charge in [0.25, 0.3) is 5.56 Å². The molecule has 0 saturated heterocycles. The van der Waals surface area contributed by atoms with Crippen LogP contribution in [0.5, 0.6) is 0 Å². The Morgan fingerprint density at radius 3 is 2.60 bits per heavy atom. The van der Waals surface area contributed by atoms with E-state index in [0.717, 1.165) is 16.5 Å². The van der Waals surface area contributed by atoms with Crippen molar-refractivity contribution in [1.29, 1.82) is 0 Å². The van der Waals surface area contributed by atoms with Crippen molar-refractivity contribution in [2.24, 2.45) is 0 Å². The molecule has 0 fully saturated rings. The summed E-state index contributed by atoms with van der Waals surface area (Å²) in [5.41, 5.74) is 3.26. The van der Waals surface area contributed by atoms with Gasteiger partial charge in [-0.1, -0.05) is 36.4 Å². The van der Waals surface area contributed by atoms with Crippen LogP contribution in [-0.4, -0.2) is 35.6 Å². The minimum absolute atomic E-state index is 0.167. The number of nitrogens with one attached hydrogen (secondary N) is 1. The van der Waals surface area contributed by atoms with E-state index in [1.54, 1.807) is 66.7 Å². The van der Waals surface area contributed by atoms with Crippen molar-refractivity contribution in [3.8, 4) is 11.1 Å². The number of hydrogen-bond donors (Lipinski definition) is 1. The first-order valence-corrected chi connectivity index (χ1v) is 13.8. The van der Waals surface area contributed by atoms with Crippen LogP contribution in [0.1, 0.15) is 43.8 Å². The van der Waals surface area contributed by atoms with E-state index < -0.39 is 23.6 Å². The van der Waals surface area contributed by atoms with E-state index in [9.17, 15) is 14.0 Å². The number of pyridine rings is 4. The number of amides is 1. The molecule has 6 aromatic rings. The number of carbonyl (C=O) groups is 1. The molecule has 1 unspecified atom stereocenters. The zero-order valence-corrected chi connectivity index (χ0v) is 23.9. The average Bonchev–Trinajstić information content (AvgIpc) is 3.38. The Hall–Kier alpha value is -5.38. The van der Waals surface area contributed by atoms with Crippen LogP contribution < -0.4 is 10.9 Å². The first-order chi connectivity index (χ1) is 20.6. The summed E-state index contributed by atoms with van der Waals surface area (Å²) in [6.07, 6.45) is 9.43. The number of ether oxygens (including phenoxy) is 1. The van der Waals surface area contributed by atoms with Gasteiger partial charge in [-0.05, 0) is 61.5 Å². The number of imidazole rings is 1. The number of halogens is 1. The smallest absolute Gasteiger partial charge is 0.408 e. The molecule has 10 heteroatoms. The van der Waals surface area contributed by atoms with Gasteiger partial charge < -0.3 is 19.0 Å². The molecule has 1 N–H and O–H groups in total. The van der Waals surface area contributed by atoms with Crippen molar-refractivity contribution in [3.05, 3.63) is 131 Å². The van der Waals surface area contributed by atoms with E-state index in [1.807, 2.05) is 42.6 Å². The molecule has 0 radical (unpaired) electrons. The maximum Gasteiger partial charge on any atom is 0.408 e. The van der Waals surface area contributed by atoms with Crippen molar-refractivity contribution in [3.63, 3.8) is 0 Å². The quantitative estimate of drug-likeness (QED) is 0.265. The predicted octanol–water partition coefficient (Wildman–Crippen LogP) is 5.91. The van der Waals surface area contributed by atoms with Gasteiger partial charge in [0.05, 0.1) is 23.3 Å². The van der Waals surface area contributed by atoms with Gasteiger partial charge in [-0.2, -0.15) is 0 Å². The van der Waals surface area contributed by atoms with Crippen LogP contribution >= 0.6 is 0 Å². The third-order valence-electron chi connectivity index (χ3n) is 6.87. The highest BCUT2D eigenvalue weighted by Crippen LogP contribution is 2.26. The largest absolute Gasteiger partial charge is 0.444 e. The van der Waals surface area contributed by atoms with Gasteiger partial charge in [-0.3, -0.25) is 14.8 Å². The van der Waals surface area contributed by atoms with Crippen LogP contribution in [0.25, 0.3) is 27.5 Å². The molecular weight excluding hydrogens is 547 g/mol. The molecule has 6 rings (SSSR count). The lowest BCUT2D eigenvalue weighted by Gasteiger charge is -2.24. The van der Waals surface area contributed by atoms with Crippen LogP contribution in [-0.2, 0) is 11.3 Å². The van der Waals surface area contributed by atoms with Crippen molar-refractivity contribution in [2.45, 2.75) is 39.0 Å². The number of aromatic nitrogens is 5. The van der Waals surface area contributed by atoms with Gasteiger partial charge in [0.15, 0.2) is 0 Å². The molecule has 43 heavy (non-hydrogen) atoms. The Labute approximate surface area is 246 Å². The van der Waals surface area contributed by atoms with Crippen molar-refractivity contribution < 1.29 is 13.9 Å². The minimum atomic E-state index is -0.782. The zero-order chi connectivity index (χ0) is 30.1. The second-order valence-electron chi connectivity index (χ2n) is 11.2. The second-order valence-corrected chi connectivity index (χ2v) is 11.2. The van der Waals surface area contributed by atoms with Crippen molar-refractivity contribution in [2.75, 3.05) is 0 Å². The van der Waals surface area contributed by atoms with E-state index in [0.29, 0.717) is 28.0 Å². The van der Waals surface area contributed by atoms with Crippen LogP contribution in [0, 0.1) is 5.82 Å². The zero-order valence-electron chi connectivity index (χ0n) is 23.9. The van der Waals surface area contributed by atoms with E-state index in [4.69, 9.17) is 9.72 Å². The normalized spacial score (nSPS) is 12.4. The monoisotopic (exact) mass is 576 g/mol. The number of fused-ring (bicyclic) bond motifs is 2. The average molecular weight is 577 g/mol. The highest BCUT2D eigenvalue weighted by atomic mass is 19.1. The fourth-order valence-electron chi connectivity index (χ4n) is 5.00. The molecule has 0 spiro atoms. The molecule has 0 bridgehead atoms.